The number of ether oxygens (including phenoxy) is 1. The first kappa shape index (κ1) is 14.5. The van der Waals surface area contributed by atoms with E-state index < -0.39 is 20.4 Å². The lowest BCUT2D eigenvalue weighted by Gasteiger charge is -2.23. The van der Waals surface area contributed by atoms with Crippen LogP contribution in [0.2, 0.25) is 0 Å². The summed E-state index contributed by atoms with van der Waals surface area (Å²) in [6.07, 6.45) is 1.02. The van der Waals surface area contributed by atoms with Gasteiger partial charge in [0.05, 0.1) is 5.69 Å². The fourth-order valence-corrected chi connectivity index (χ4v) is 2.19. The first-order valence-electron chi connectivity index (χ1n) is 5.94. The van der Waals surface area contributed by atoms with Gasteiger partial charge in [-0.3, -0.25) is 9.59 Å². The van der Waals surface area contributed by atoms with E-state index in [0.29, 0.717) is 11.4 Å². The number of benzene rings is 1. The lowest BCUT2D eigenvalue weighted by molar-refractivity contribution is -0.118. The zero-order valence-electron chi connectivity index (χ0n) is 11.4. The largest absolute Gasteiger partial charge is 0.482 e. The van der Waals surface area contributed by atoms with Gasteiger partial charge in [-0.25, -0.2) is 8.42 Å². The number of anilines is 1. The summed E-state index contributed by atoms with van der Waals surface area (Å²) in [6, 6.07) is 4.47. The number of carbonyl (C=O) groups excluding carboxylic acids is 2. The van der Waals surface area contributed by atoms with Crippen molar-refractivity contribution in [3.63, 3.8) is 0 Å². The first-order chi connectivity index (χ1) is 9.13. The third kappa shape index (κ3) is 2.40. The molecule has 20 heavy (non-hydrogen) atoms. The zero-order chi connectivity index (χ0) is 15.1. The highest BCUT2D eigenvalue weighted by Gasteiger charge is 2.39. The molecular formula is C13H15NO5S. The Morgan fingerprint density at radius 3 is 2.60 bits per heavy atom. The Bertz CT molecular complexity index is 691. The lowest BCUT2D eigenvalue weighted by atomic mass is 9.99. The maximum atomic E-state index is 12.3. The predicted octanol–water partition coefficient (Wildman–Crippen LogP) is 1.02. The van der Waals surface area contributed by atoms with Gasteiger partial charge in [-0.1, -0.05) is 0 Å². The van der Waals surface area contributed by atoms with Crippen molar-refractivity contribution in [2.24, 2.45) is 0 Å². The number of sulfone groups is 1. The van der Waals surface area contributed by atoms with Crippen LogP contribution >= 0.6 is 0 Å². The number of amides is 1. The molecule has 108 valence electrons. The third-order valence-corrected chi connectivity index (χ3v) is 5.39. The molecule has 0 aromatic heterocycles. The highest BCUT2D eigenvalue weighted by molar-refractivity contribution is 7.92. The molecule has 1 aromatic carbocycles. The molecule has 0 spiro atoms. The van der Waals surface area contributed by atoms with E-state index in [1.54, 1.807) is 6.07 Å². The van der Waals surface area contributed by atoms with E-state index in [2.05, 4.69) is 5.32 Å². The number of rotatable bonds is 3. The van der Waals surface area contributed by atoms with Crippen molar-refractivity contribution in [2.45, 2.75) is 18.6 Å². The molecule has 0 fully saturated rings. The van der Waals surface area contributed by atoms with Crippen LogP contribution in [0, 0.1) is 0 Å². The number of hydrogen-bond acceptors (Lipinski definition) is 5. The number of carbonyl (C=O) groups is 2. The van der Waals surface area contributed by atoms with Crippen molar-refractivity contribution in [3.8, 4) is 5.75 Å². The fourth-order valence-electron chi connectivity index (χ4n) is 1.74. The van der Waals surface area contributed by atoms with Gasteiger partial charge in [0.15, 0.2) is 22.2 Å². The fraction of sp³-hybridized carbons (Fsp3) is 0.385. The van der Waals surface area contributed by atoms with Crippen molar-refractivity contribution >= 4 is 27.2 Å². The zero-order valence-corrected chi connectivity index (χ0v) is 12.2. The van der Waals surface area contributed by atoms with Gasteiger partial charge < -0.3 is 10.1 Å². The van der Waals surface area contributed by atoms with Gasteiger partial charge in [0.1, 0.15) is 10.5 Å². The highest BCUT2D eigenvalue weighted by Crippen LogP contribution is 2.31. The van der Waals surface area contributed by atoms with Crippen LogP contribution in [0.25, 0.3) is 0 Å². The third-order valence-electron chi connectivity index (χ3n) is 3.35. The molecule has 1 amide bonds. The molecule has 0 aliphatic carbocycles. The SMILES string of the molecule is CC(C)(C(=O)c1ccc2c(c1)NC(=O)CO2)S(C)(=O)=O. The average Bonchev–Trinajstić information content (AvgIpc) is 2.35. The van der Waals surface area contributed by atoms with Crippen molar-refractivity contribution in [2.75, 3.05) is 18.2 Å². The van der Waals surface area contributed by atoms with E-state index >= 15 is 0 Å². The summed E-state index contributed by atoms with van der Waals surface area (Å²) >= 11 is 0. The van der Waals surface area contributed by atoms with E-state index in [1.807, 2.05) is 0 Å². The monoisotopic (exact) mass is 297 g/mol. The van der Waals surface area contributed by atoms with E-state index in [9.17, 15) is 18.0 Å². The van der Waals surface area contributed by atoms with Gasteiger partial charge in [-0.2, -0.15) is 0 Å². The second-order valence-electron chi connectivity index (χ2n) is 5.16. The van der Waals surface area contributed by atoms with E-state index in [-0.39, 0.29) is 18.1 Å². The van der Waals surface area contributed by atoms with Crippen molar-refractivity contribution in [1.82, 2.24) is 0 Å². The van der Waals surface area contributed by atoms with Crippen molar-refractivity contribution in [3.05, 3.63) is 23.8 Å². The average molecular weight is 297 g/mol. The molecule has 1 N–H and O–H groups in total. The van der Waals surface area contributed by atoms with Crippen LogP contribution in [0.5, 0.6) is 5.75 Å². The molecule has 0 bridgehead atoms. The number of fused-ring (bicyclic) bond motifs is 1. The molecular weight excluding hydrogens is 282 g/mol. The van der Waals surface area contributed by atoms with Gasteiger partial charge in [-0.15, -0.1) is 0 Å². The summed E-state index contributed by atoms with van der Waals surface area (Å²) in [5.41, 5.74) is 0.585. The lowest BCUT2D eigenvalue weighted by Crippen LogP contribution is -2.40. The van der Waals surface area contributed by atoms with Crippen molar-refractivity contribution < 1.29 is 22.7 Å². The quantitative estimate of drug-likeness (QED) is 0.841. The van der Waals surface area contributed by atoms with Crippen LogP contribution in [0.1, 0.15) is 24.2 Å². The number of Topliss-reactive ketones (excluding diaryl/α,β-unsaturated/α-hetero) is 1. The van der Waals surface area contributed by atoms with Crippen LogP contribution in [-0.4, -0.2) is 37.7 Å². The van der Waals surface area contributed by atoms with Gasteiger partial charge >= 0.3 is 0 Å². The van der Waals surface area contributed by atoms with Crippen LogP contribution < -0.4 is 10.1 Å². The topological polar surface area (TPSA) is 89.5 Å². The molecule has 1 aromatic rings. The minimum absolute atomic E-state index is 0.0743. The van der Waals surface area contributed by atoms with E-state index in [0.717, 1.165) is 6.26 Å². The van der Waals surface area contributed by atoms with Gasteiger partial charge in [0, 0.05) is 11.8 Å². The normalized spacial score (nSPS) is 15.1. The summed E-state index contributed by atoms with van der Waals surface area (Å²) in [6.45, 7) is 2.65. The summed E-state index contributed by atoms with van der Waals surface area (Å²) in [5, 5.41) is 2.58. The molecule has 0 unspecified atom stereocenters. The summed E-state index contributed by atoms with van der Waals surface area (Å²) in [5.74, 6) is -0.384. The Hall–Kier alpha value is -1.89. The number of hydrogen-bond donors (Lipinski definition) is 1. The number of ketones is 1. The molecule has 0 atom stereocenters. The van der Waals surface area contributed by atoms with Gasteiger partial charge in [-0.05, 0) is 32.0 Å². The van der Waals surface area contributed by atoms with Gasteiger partial charge in [0.2, 0.25) is 0 Å². The minimum Gasteiger partial charge on any atom is -0.482 e. The Morgan fingerprint density at radius 1 is 1.35 bits per heavy atom. The van der Waals surface area contributed by atoms with Crippen molar-refractivity contribution in [1.29, 1.82) is 0 Å². The second kappa shape index (κ2) is 4.59. The van der Waals surface area contributed by atoms with Crippen LogP contribution in [0.3, 0.4) is 0 Å². The Labute approximate surface area is 117 Å². The summed E-state index contributed by atoms with van der Waals surface area (Å²) in [7, 11) is -3.55. The molecule has 2 rings (SSSR count). The predicted molar refractivity (Wildman–Crippen MR) is 73.8 cm³/mol. The molecule has 0 saturated carbocycles. The Balaban J connectivity index is 2.42. The molecule has 6 nitrogen and oxygen atoms in total. The molecule has 0 saturated heterocycles. The smallest absolute Gasteiger partial charge is 0.262 e. The number of nitrogens with one attached hydrogen (secondary N) is 1. The highest BCUT2D eigenvalue weighted by atomic mass is 32.2. The maximum Gasteiger partial charge on any atom is 0.262 e. The first-order valence-corrected chi connectivity index (χ1v) is 7.83. The molecule has 0 radical (unpaired) electrons. The molecule has 1 aliphatic rings. The maximum absolute atomic E-state index is 12.3. The van der Waals surface area contributed by atoms with Crippen LogP contribution in [0.15, 0.2) is 18.2 Å². The van der Waals surface area contributed by atoms with Crippen LogP contribution in [0.4, 0.5) is 5.69 Å². The standard InChI is InChI=1S/C13H15NO5S/c1-13(2,20(3,17)18)12(16)8-4-5-10-9(6-8)14-11(15)7-19-10/h4-6H,7H2,1-3H3,(H,14,15). The Morgan fingerprint density at radius 2 is 2.00 bits per heavy atom. The summed E-state index contributed by atoms with van der Waals surface area (Å²) in [4.78, 5) is 23.6. The van der Waals surface area contributed by atoms with Crippen LogP contribution in [-0.2, 0) is 14.6 Å². The minimum atomic E-state index is -3.55. The van der Waals surface area contributed by atoms with Gasteiger partial charge in [0.25, 0.3) is 5.91 Å². The molecule has 1 heterocycles. The molecule has 7 heteroatoms. The second-order valence-corrected chi connectivity index (χ2v) is 7.72. The molecule has 1 aliphatic heterocycles. The van der Waals surface area contributed by atoms with E-state index in [1.165, 1.54) is 26.0 Å². The van der Waals surface area contributed by atoms with E-state index in [4.69, 9.17) is 4.74 Å². The summed E-state index contributed by atoms with van der Waals surface area (Å²) < 4.78 is 27.0. The Kier molecular flexibility index (Phi) is 3.33.